The molecule has 13 heteroatoms. The van der Waals surface area contributed by atoms with Gasteiger partial charge in [-0.25, -0.2) is 19.9 Å². The molecule has 6 rings (SSSR count). The quantitative estimate of drug-likeness (QED) is 0.297. The fourth-order valence-electron chi connectivity index (χ4n) is 5.51. The van der Waals surface area contributed by atoms with Crippen LogP contribution in [0.3, 0.4) is 0 Å². The second-order valence-electron chi connectivity index (χ2n) is 10.7. The van der Waals surface area contributed by atoms with E-state index in [9.17, 15) is 18.0 Å². The second kappa shape index (κ2) is 11.6. The Morgan fingerprint density at radius 1 is 1.12 bits per heavy atom. The van der Waals surface area contributed by atoms with Gasteiger partial charge in [0.2, 0.25) is 5.91 Å². The summed E-state index contributed by atoms with van der Waals surface area (Å²) in [4.78, 5) is 32.4. The molecule has 1 amide bonds. The standard InChI is InChI=1S/C29H31F3N8O2/c1-18-7-8-20(37-23(41)15-39-11-9-19(14-39)29(30,31)32)13-22(18)38-27-21(5-4-10-33-27)25-26-28(35-16-34-25)40(17-36-26)24-6-2-3-12-42-24/h4-5,7-8,10,13,16-17,19,24H,2-3,6,9,11-12,14-15H2,1H3,(H,33,38)(H,37,41)/t19-,24?/m1/s1. The number of hydrogen-bond acceptors (Lipinski definition) is 8. The van der Waals surface area contributed by atoms with E-state index < -0.39 is 12.1 Å². The molecule has 2 N–H and O–H groups in total. The fourth-order valence-corrected chi connectivity index (χ4v) is 5.51. The molecule has 1 aromatic carbocycles. The maximum Gasteiger partial charge on any atom is 0.393 e. The molecule has 2 aliphatic heterocycles. The lowest BCUT2D eigenvalue weighted by molar-refractivity contribution is -0.170. The van der Waals surface area contributed by atoms with E-state index in [4.69, 9.17) is 4.74 Å². The minimum atomic E-state index is -4.24. The number of halogens is 3. The highest BCUT2D eigenvalue weighted by Gasteiger charge is 2.43. The maximum atomic E-state index is 13.0. The van der Waals surface area contributed by atoms with E-state index in [1.807, 2.05) is 29.7 Å². The summed E-state index contributed by atoms with van der Waals surface area (Å²) in [7, 11) is 0. The zero-order chi connectivity index (χ0) is 29.3. The van der Waals surface area contributed by atoms with Gasteiger partial charge in [0, 0.05) is 36.3 Å². The number of fused-ring (bicyclic) bond motifs is 1. The first kappa shape index (κ1) is 28.0. The van der Waals surface area contributed by atoms with Gasteiger partial charge < -0.3 is 15.4 Å². The monoisotopic (exact) mass is 580 g/mol. The van der Waals surface area contributed by atoms with Gasteiger partial charge >= 0.3 is 6.18 Å². The number of aryl methyl sites for hydroxylation is 1. The summed E-state index contributed by atoms with van der Waals surface area (Å²) in [5.41, 5.74) is 4.79. The molecular weight excluding hydrogens is 549 g/mol. The van der Waals surface area contributed by atoms with Crippen LogP contribution in [0.4, 0.5) is 30.4 Å². The van der Waals surface area contributed by atoms with Gasteiger partial charge in [0.1, 0.15) is 29.6 Å². The number of amides is 1. The van der Waals surface area contributed by atoms with Crippen LogP contribution in [0.1, 0.15) is 37.5 Å². The van der Waals surface area contributed by atoms with Crippen LogP contribution in [0.2, 0.25) is 0 Å². The lowest BCUT2D eigenvalue weighted by Crippen LogP contribution is -2.33. The summed E-state index contributed by atoms with van der Waals surface area (Å²) in [5, 5.41) is 6.18. The van der Waals surface area contributed by atoms with Crippen LogP contribution < -0.4 is 10.6 Å². The Bertz CT molecular complexity index is 1580. The molecule has 0 spiro atoms. The van der Waals surface area contributed by atoms with E-state index in [-0.39, 0.29) is 38.2 Å². The molecule has 3 aromatic heterocycles. The Hall–Kier alpha value is -4.10. The number of benzene rings is 1. The fraction of sp³-hybridized carbons (Fsp3) is 0.414. The van der Waals surface area contributed by atoms with Gasteiger partial charge in [-0.3, -0.25) is 14.3 Å². The Morgan fingerprint density at radius 3 is 2.79 bits per heavy atom. The number of ether oxygens (including phenoxy) is 1. The first-order valence-corrected chi connectivity index (χ1v) is 14.0. The van der Waals surface area contributed by atoms with Gasteiger partial charge in [-0.2, -0.15) is 13.2 Å². The SMILES string of the molecule is Cc1ccc(NC(=O)CN2CC[C@@H](C(F)(F)F)C2)cc1Nc1ncccc1-c1ncnc2c1ncn2C1CCCCO1. The van der Waals surface area contributed by atoms with Crippen molar-refractivity contribution in [2.45, 2.75) is 45.0 Å². The average molecular weight is 581 g/mol. The number of nitrogens with zero attached hydrogens (tertiary/aromatic N) is 6. The second-order valence-corrected chi connectivity index (χ2v) is 10.7. The summed E-state index contributed by atoms with van der Waals surface area (Å²) < 4.78 is 46.9. The molecule has 2 saturated heterocycles. The van der Waals surface area contributed by atoms with E-state index in [1.165, 1.54) is 11.2 Å². The number of carbonyl (C=O) groups is 1. The van der Waals surface area contributed by atoms with Crippen molar-refractivity contribution in [3.05, 3.63) is 54.7 Å². The smallest absolute Gasteiger partial charge is 0.358 e. The summed E-state index contributed by atoms with van der Waals surface area (Å²) in [6.07, 6.45) is 3.58. The minimum absolute atomic E-state index is 0.00896. The molecule has 1 unspecified atom stereocenters. The molecular formula is C29H31F3N8O2. The van der Waals surface area contributed by atoms with Crippen LogP contribution in [0.5, 0.6) is 0 Å². The first-order valence-electron chi connectivity index (χ1n) is 14.0. The van der Waals surface area contributed by atoms with Gasteiger partial charge in [-0.05, 0) is 69.0 Å². The zero-order valence-electron chi connectivity index (χ0n) is 23.1. The number of aromatic nitrogens is 5. The molecule has 220 valence electrons. The van der Waals surface area contributed by atoms with Crippen molar-refractivity contribution < 1.29 is 22.7 Å². The number of imidazole rings is 1. The summed E-state index contributed by atoms with van der Waals surface area (Å²) in [6.45, 7) is 2.60. The number of carbonyl (C=O) groups excluding carboxylic acids is 1. The molecule has 10 nitrogen and oxygen atoms in total. The molecule has 0 saturated carbocycles. The number of rotatable bonds is 7. The first-order chi connectivity index (χ1) is 20.3. The molecule has 42 heavy (non-hydrogen) atoms. The number of anilines is 3. The van der Waals surface area contributed by atoms with Crippen LogP contribution in [-0.4, -0.2) is 67.7 Å². The molecule has 4 aromatic rings. The van der Waals surface area contributed by atoms with Crippen molar-refractivity contribution in [3.8, 4) is 11.3 Å². The Balaban J connectivity index is 1.21. The molecule has 2 aliphatic rings. The van der Waals surface area contributed by atoms with Gasteiger partial charge in [-0.15, -0.1) is 0 Å². The lowest BCUT2D eigenvalue weighted by Gasteiger charge is -2.23. The van der Waals surface area contributed by atoms with Crippen LogP contribution in [0.25, 0.3) is 22.4 Å². The topological polar surface area (TPSA) is 110 Å². The Kier molecular flexibility index (Phi) is 7.78. The van der Waals surface area contributed by atoms with Crippen LogP contribution in [0, 0.1) is 12.8 Å². The Labute approximate surface area is 240 Å². The highest BCUT2D eigenvalue weighted by molar-refractivity contribution is 5.94. The largest absolute Gasteiger partial charge is 0.393 e. The number of alkyl halides is 3. The summed E-state index contributed by atoms with van der Waals surface area (Å²) in [5.74, 6) is -1.21. The predicted molar refractivity (Wildman–Crippen MR) is 151 cm³/mol. The number of likely N-dealkylation sites (tertiary alicyclic amines) is 1. The minimum Gasteiger partial charge on any atom is -0.358 e. The molecule has 0 aliphatic carbocycles. The summed E-state index contributed by atoms with van der Waals surface area (Å²) in [6, 6.07) is 9.11. The van der Waals surface area contributed by atoms with E-state index in [0.29, 0.717) is 40.7 Å². The van der Waals surface area contributed by atoms with Crippen molar-refractivity contribution in [3.63, 3.8) is 0 Å². The van der Waals surface area contributed by atoms with E-state index in [2.05, 4.69) is 30.6 Å². The van der Waals surface area contributed by atoms with E-state index in [0.717, 1.165) is 30.4 Å². The molecule has 2 fully saturated rings. The van der Waals surface area contributed by atoms with Crippen LogP contribution >= 0.6 is 0 Å². The van der Waals surface area contributed by atoms with E-state index in [1.54, 1.807) is 24.7 Å². The lowest BCUT2D eigenvalue weighted by atomic mass is 10.1. The third-order valence-electron chi connectivity index (χ3n) is 7.76. The van der Waals surface area contributed by atoms with Gasteiger partial charge in [0.15, 0.2) is 5.65 Å². The highest BCUT2D eigenvalue weighted by atomic mass is 19.4. The third kappa shape index (κ3) is 5.93. The zero-order valence-corrected chi connectivity index (χ0v) is 23.1. The summed E-state index contributed by atoms with van der Waals surface area (Å²) >= 11 is 0. The average Bonchev–Trinajstić information content (AvgIpc) is 3.63. The number of nitrogens with one attached hydrogen (secondary N) is 2. The van der Waals surface area contributed by atoms with Crippen molar-refractivity contribution in [1.82, 2.24) is 29.4 Å². The van der Waals surface area contributed by atoms with Crippen molar-refractivity contribution >= 4 is 34.3 Å². The number of hydrogen-bond donors (Lipinski definition) is 2. The predicted octanol–water partition coefficient (Wildman–Crippen LogP) is 5.46. The van der Waals surface area contributed by atoms with Gasteiger partial charge in [-0.1, -0.05) is 6.07 Å². The molecule has 0 bridgehead atoms. The van der Waals surface area contributed by atoms with Crippen LogP contribution in [0.15, 0.2) is 49.2 Å². The van der Waals surface area contributed by atoms with E-state index >= 15 is 0 Å². The highest BCUT2D eigenvalue weighted by Crippen LogP contribution is 2.35. The Morgan fingerprint density at radius 2 is 2.00 bits per heavy atom. The van der Waals surface area contributed by atoms with Crippen molar-refractivity contribution in [1.29, 1.82) is 0 Å². The van der Waals surface area contributed by atoms with Crippen molar-refractivity contribution in [2.75, 3.05) is 36.9 Å². The normalized spacial score (nSPS) is 19.7. The van der Waals surface area contributed by atoms with Crippen molar-refractivity contribution in [2.24, 2.45) is 5.92 Å². The van der Waals surface area contributed by atoms with Gasteiger partial charge in [0.25, 0.3) is 0 Å². The molecule has 0 radical (unpaired) electrons. The third-order valence-corrected chi connectivity index (χ3v) is 7.76. The van der Waals surface area contributed by atoms with Gasteiger partial charge in [0.05, 0.1) is 18.8 Å². The van der Waals surface area contributed by atoms with Crippen LogP contribution in [-0.2, 0) is 9.53 Å². The maximum absolute atomic E-state index is 13.0. The molecule has 2 atom stereocenters. The number of pyridine rings is 1. The molecule has 5 heterocycles.